The molecule has 0 spiro atoms. The summed E-state index contributed by atoms with van der Waals surface area (Å²) in [6.45, 7) is 6.10. The monoisotopic (exact) mass is 267 g/mol. The highest BCUT2D eigenvalue weighted by atomic mass is 79.9. The van der Waals surface area contributed by atoms with Crippen molar-refractivity contribution in [3.8, 4) is 0 Å². The Kier molecular flexibility index (Phi) is 5.06. The van der Waals surface area contributed by atoms with Gasteiger partial charge in [0.15, 0.2) is 0 Å². The van der Waals surface area contributed by atoms with E-state index in [-0.39, 0.29) is 6.04 Å². The average Bonchev–Trinajstić information content (AvgIpc) is 2.21. The largest absolute Gasteiger partial charge is 0.327 e. The molecule has 1 nitrogen and oxygen atoms in total. The van der Waals surface area contributed by atoms with Gasteiger partial charge in [-0.25, -0.2) is 0 Å². The summed E-state index contributed by atoms with van der Waals surface area (Å²) in [6.07, 6.45) is 2.87. The highest BCUT2D eigenvalue weighted by Gasteiger charge is 2.05. The maximum absolute atomic E-state index is 6.05. The van der Waals surface area contributed by atoms with Crippen LogP contribution in [0.5, 0.6) is 0 Å². The van der Waals surface area contributed by atoms with Gasteiger partial charge in [-0.05, 0) is 37.0 Å². The fourth-order valence-electron chi connectivity index (χ4n) is 1.51. The molecule has 1 atom stereocenters. The summed E-state index contributed by atoms with van der Waals surface area (Å²) in [6, 6.07) is 8.52. The van der Waals surface area contributed by atoms with Gasteiger partial charge in [0, 0.05) is 10.5 Å². The number of hydrogen-bond acceptors (Lipinski definition) is 1. The molecule has 82 valence electrons. The van der Waals surface area contributed by atoms with Crippen LogP contribution in [-0.4, -0.2) is 6.04 Å². The Labute approximate surface area is 101 Å². The molecule has 0 aromatic heterocycles. The van der Waals surface area contributed by atoms with Gasteiger partial charge in [0.1, 0.15) is 0 Å². The van der Waals surface area contributed by atoms with Gasteiger partial charge in [-0.15, -0.1) is 0 Å². The van der Waals surface area contributed by atoms with Gasteiger partial charge in [0.25, 0.3) is 0 Å². The first-order valence-electron chi connectivity index (χ1n) is 5.28. The van der Waals surface area contributed by atoms with E-state index in [1.165, 1.54) is 11.1 Å². The molecule has 0 radical (unpaired) electrons. The standard InChI is InChI=1S/C13H18BrN/c1-3-10(2)8-13(15)9-11-4-6-12(14)7-5-11/h4-7,13H,2-3,8-9,15H2,1H3. The van der Waals surface area contributed by atoms with Gasteiger partial charge < -0.3 is 5.73 Å². The number of hydrogen-bond donors (Lipinski definition) is 1. The van der Waals surface area contributed by atoms with Gasteiger partial charge in [0.05, 0.1) is 0 Å². The molecule has 0 bridgehead atoms. The first-order valence-corrected chi connectivity index (χ1v) is 6.07. The first kappa shape index (κ1) is 12.5. The van der Waals surface area contributed by atoms with Crippen LogP contribution in [0.1, 0.15) is 25.3 Å². The van der Waals surface area contributed by atoms with Crippen LogP contribution in [0.2, 0.25) is 0 Å². The Bertz CT molecular complexity index is 316. The fraction of sp³-hybridized carbons (Fsp3) is 0.385. The molecular weight excluding hydrogens is 250 g/mol. The molecule has 1 unspecified atom stereocenters. The van der Waals surface area contributed by atoms with Crippen LogP contribution < -0.4 is 5.73 Å². The molecule has 0 heterocycles. The summed E-state index contributed by atoms with van der Waals surface area (Å²) in [4.78, 5) is 0. The number of rotatable bonds is 5. The summed E-state index contributed by atoms with van der Waals surface area (Å²) in [5, 5.41) is 0. The predicted molar refractivity (Wildman–Crippen MR) is 69.9 cm³/mol. The highest BCUT2D eigenvalue weighted by molar-refractivity contribution is 9.10. The van der Waals surface area contributed by atoms with Crippen molar-refractivity contribution in [1.29, 1.82) is 0 Å². The van der Waals surface area contributed by atoms with E-state index < -0.39 is 0 Å². The fourth-order valence-corrected chi connectivity index (χ4v) is 1.77. The Balaban J connectivity index is 2.47. The lowest BCUT2D eigenvalue weighted by Crippen LogP contribution is -2.23. The molecule has 2 N–H and O–H groups in total. The van der Waals surface area contributed by atoms with Gasteiger partial charge in [-0.3, -0.25) is 0 Å². The zero-order valence-electron chi connectivity index (χ0n) is 9.17. The van der Waals surface area contributed by atoms with E-state index in [0.717, 1.165) is 23.7 Å². The maximum atomic E-state index is 6.05. The first-order chi connectivity index (χ1) is 7.11. The Morgan fingerprint density at radius 2 is 2.00 bits per heavy atom. The third-order valence-corrected chi connectivity index (χ3v) is 2.99. The quantitative estimate of drug-likeness (QED) is 0.810. The van der Waals surface area contributed by atoms with Crippen molar-refractivity contribution < 1.29 is 0 Å². The van der Waals surface area contributed by atoms with E-state index >= 15 is 0 Å². The summed E-state index contributed by atoms with van der Waals surface area (Å²) in [5.74, 6) is 0. The maximum Gasteiger partial charge on any atom is 0.0175 e. The minimum Gasteiger partial charge on any atom is -0.327 e. The van der Waals surface area contributed by atoms with E-state index in [9.17, 15) is 0 Å². The minimum atomic E-state index is 0.193. The van der Waals surface area contributed by atoms with E-state index in [0.29, 0.717) is 0 Å². The molecule has 0 fully saturated rings. The smallest absolute Gasteiger partial charge is 0.0175 e. The highest BCUT2D eigenvalue weighted by Crippen LogP contribution is 2.14. The van der Waals surface area contributed by atoms with Crippen LogP contribution in [0.25, 0.3) is 0 Å². The Morgan fingerprint density at radius 1 is 1.40 bits per heavy atom. The molecule has 0 amide bonds. The number of nitrogens with two attached hydrogens (primary N) is 1. The second-order valence-corrected chi connectivity index (χ2v) is 4.81. The van der Waals surface area contributed by atoms with Crippen LogP contribution in [0.4, 0.5) is 0 Å². The molecule has 0 saturated carbocycles. The molecule has 0 aliphatic rings. The molecule has 15 heavy (non-hydrogen) atoms. The van der Waals surface area contributed by atoms with Gasteiger partial charge >= 0.3 is 0 Å². The SMILES string of the molecule is C=C(CC)CC(N)Cc1ccc(Br)cc1. The topological polar surface area (TPSA) is 26.0 Å². The minimum absolute atomic E-state index is 0.193. The van der Waals surface area contributed by atoms with Crippen molar-refractivity contribution in [1.82, 2.24) is 0 Å². The number of halogens is 1. The van der Waals surface area contributed by atoms with Crippen molar-refractivity contribution in [3.63, 3.8) is 0 Å². The normalized spacial score (nSPS) is 12.5. The second-order valence-electron chi connectivity index (χ2n) is 3.90. The van der Waals surface area contributed by atoms with E-state index in [1.54, 1.807) is 0 Å². The van der Waals surface area contributed by atoms with Crippen LogP contribution in [-0.2, 0) is 6.42 Å². The van der Waals surface area contributed by atoms with Crippen LogP contribution in [0.15, 0.2) is 40.9 Å². The third kappa shape index (κ3) is 4.63. The van der Waals surface area contributed by atoms with Crippen molar-refractivity contribution in [3.05, 3.63) is 46.5 Å². The molecular formula is C13H18BrN. The Hall–Kier alpha value is -0.600. The lowest BCUT2D eigenvalue weighted by molar-refractivity contribution is 0.651. The third-order valence-electron chi connectivity index (χ3n) is 2.46. The van der Waals surface area contributed by atoms with E-state index in [2.05, 4.69) is 53.7 Å². The van der Waals surface area contributed by atoms with Crippen LogP contribution >= 0.6 is 15.9 Å². The van der Waals surface area contributed by atoms with E-state index in [1.807, 2.05) is 0 Å². The van der Waals surface area contributed by atoms with Gasteiger partial charge in [-0.1, -0.05) is 47.1 Å². The summed E-state index contributed by atoms with van der Waals surface area (Å²) < 4.78 is 1.11. The van der Waals surface area contributed by atoms with Crippen molar-refractivity contribution in [2.24, 2.45) is 5.73 Å². The molecule has 1 rings (SSSR count). The lowest BCUT2D eigenvalue weighted by atomic mass is 9.99. The van der Waals surface area contributed by atoms with E-state index in [4.69, 9.17) is 5.73 Å². The molecule has 0 saturated heterocycles. The van der Waals surface area contributed by atoms with Gasteiger partial charge in [-0.2, -0.15) is 0 Å². The van der Waals surface area contributed by atoms with Gasteiger partial charge in [0.2, 0.25) is 0 Å². The van der Waals surface area contributed by atoms with Crippen molar-refractivity contribution >= 4 is 15.9 Å². The Morgan fingerprint density at radius 3 is 2.53 bits per heavy atom. The van der Waals surface area contributed by atoms with Crippen LogP contribution in [0, 0.1) is 0 Å². The summed E-state index contributed by atoms with van der Waals surface area (Å²) >= 11 is 3.42. The predicted octanol–water partition coefficient (Wildman–Crippen LogP) is 3.68. The van der Waals surface area contributed by atoms with Crippen LogP contribution in [0.3, 0.4) is 0 Å². The lowest BCUT2D eigenvalue weighted by Gasteiger charge is -2.12. The molecule has 0 aliphatic carbocycles. The zero-order valence-corrected chi connectivity index (χ0v) is 10.8. The number of benzene rings is 1. The second kappa shape index (κ2) is 6.09. The average molecular weight is 268 g/mol. The summed E-state index contributed by atoms with van der Waals surface area (Å²) in [5.41, 5.74) is 8.57. The van der Waals surface area contributed by atoms with Crippen molar-refractivity contribution in [2.45, 2.75) is 32.2 Å². The summed E-state index contributed by atoms with van der Waals surface area (Å²) in [7, 11) is 0. The zero-order chi connectivity index (χ0) is 11.3. The molecule has 0 aliphatic heterocycles. The van der Waals surface area contributed by atoms with Crippen molar-refractivity contribution in [2.75, 3.05) is 0 Å². The molecule has 1 aromatic carbocycles. The molecule has 2 heteroatoms. The molecule has 1 aromatic rings.